The zero-order valence-corrected chi connectivity index (χ0v) is 12.2. The summed E-state index contributed by atoms with van der Waals surface area (Å²) in [5.41, 5.74) is 2.41. The van der Waals surface area contributed by atoms with E-state index >= 15 is 0 Å². The molecule has 0 amide bonds. The monoisotopic (exact) mass is 263 g/mol. The maximum absolute atomic E-state index is 5.88. The van der Waals surface area contributed by atoms with E-state index in [0.29, 0.717) is 12.6 Å². The van der Waals surface area contributed by atoms with E-state index in [1.807, 2.05) is 0 Å². The fraction of sp³-hybridized carbons (Fsp3) is 0.625. The molecule has 0 saturated carbocycles. The molecule has 1 aliphatic heterocycles. The summed E-state index contributed by atoms with van der Waals surface area (Å²) in [6, 6.07) is 8.96. The molecule has 106 valence electrons. The van der Waals surface area contributed by atoms with Crippen LogP contribution in [0.25, 0.3) is 0 Å². The predicted octanol–water partition coefficient (Wildman–Crippen LogP) is 3.59. The first-order valence-corrected chi connectivity index (χ1v) is 7.13. The zero-order valence-electron chi connectivity index (χ0n) is 12.2. The van der Waals surface area contributed by atoms with Crippen LogP contribution >= 0.6 is 0 Å². The van der Waals surface area contributed by atoms with Crippen molar-refractivity contribution in [3.05, 3.63) is 29.8 Å². The third-order valence-electron chi connectivity index (χ3n) is 3.95. The van der Waals surface area contributed by atoms with Gasteiger partial charge in [-0.3, -0.25) is 0 Å². The lowest BCUT2D eigenvalue weighted by molar-refractivity contribution is -0.0708. The third-order valence-corrected chi connectivity index (χ3v) is 3.95. The Morgan fingerprint density at radius 1 is 1.47 bits per heavy atom. The van der Waals surface area contributed by atoms with Crippen LogP contribution in [0.3, 0.4) is 0 Å². The predicted molar refractivity (Wildman–Crippen MR) is 78.4 cm³/mol. The van der Waals surface area contributed by atoms with Gasteiger partial charge in [0, 0.05) is 25.4 Å². The normalized spacial score (nSPS) is 27.2. The van der Waals surface area contributed by atoms with Crippen LogP contribution in [0.15, 0.2) is 24.3 Å². The van der Waals surface area contributed by atoms with Crippen molar-refractivity contribution in [2.75, 3.05) is 19.0 Å². The molecule has 19 heavy (non-hydrogen) atoms. The number of methoxy groups -OCH3 is 1. The van der Waals surface area contributed by atoms with Crippen LogP contribution in [0, 0.1) is 0 Å². The standard InChI is InChI=1S/C16H25NO2/c1-4-16(2)11-15(8-9-19-16)17-14-7-5-6-13(10-14)12-18-3/h5-7,10,15,17H,4,8-9,11-12H2,1-3H3. The van der Waals surface area contributed by atoms with Gasteiger partial charge >= 0.3 is 0 Å². The molecule has 3 heteroatoms. The van der Waals surface area contributed by atoms with Crippen LogP contribution in [0.1, 0.15) is 38.7 Å². The lowest BCUT2D eigenvalue weighted by Gasteiger charge is -2.38. The van der Waals surface area contributed by atoms with Crippen molar-refractivity contribution in [3.63, 3.8) is 0 Å². The second-order valence-corrected chi connectivity index (χ2v) is 5.62. The van der Waals surface area contributed by atoms with Crippen molar-refractivity contribution in [2.45, 2.75) is 51.4 Å². The Kier molecular flexibility index (Phi) is 4.83. The molecule has 2 unspecified atom stereocenters. The number of nitrogens with one attached hydrogen (secondary N) is 1. The van der Waals surface area contributed by atoms with E-state index in [0.717, 1.165) is 25.9 Å². The molecule has 1 aliphatic rings. The molecule has 1 fully saturated rings. The van der Waals surface area contributed by atoms with E-state index in [1.165, 1.54) is 11.3 Å². The summed E-state index contributed by atoms with van der Waals surface area (Å²) in [7, 11) is 1.73. The minimum atomic E-state index is 0.0278. The summed E-state index contributed by atoms with van der Waals surface area (Å²) in [5, 5.41) is 3.63. The van der Waals surface area contributed by atoms with Gasteiger partial charge in [-0.25, -0.2) is 0 Å². The fourth-order valence-electron chi connectivity index (χ4n) is 2.65. The summed E-state index contributed by atoms with van der Waals surface area (Å²) in [6.45, 7) is 5.92. The topological polar surface area (TPSA) is 30.5 Å². The van der Waals surface area contributed by atoms with Crippen molar-refractivity contribution in [1.29, 1.82) is 0 Å². The minimum absolute atomic E-state index is 0.0278. The molecule has 1 aromatic rings. The number of hydrogen-bond donors (Lipinski definition) is 1. The van der Waals surface area contributed by atoms with Gasteiger partial charge in [-0.05, 0) is 43.9 Å². The summed E-state index contributed by atoms with van der Waals surface area (Å²) in [4.78, 5) is 0. The fourth-order valence-corrected chi connectivity index (χ4v) is 2.65. The number of benzene rings is 1. The van der Waals surface area contributed by atoms with Gasteiger partial charge in [0.1, 0.15) is 0 Å². The molecular weight excluding hydrogens is 238 g/mol. The van der Waals surface area contributed by atoms with Gasteiger partial charge in [-0.2, -0.15) is 0 Å². The molecule has 1 aromatic carbocycles. The molecular formula is C16H25NO2. The van der Waals surface area contributed by atoms with E-state index < -0.39 is 0 Å². The molecule has 1 saturated heterocycles. The smallest absolute Gasteiger partial charge is 0.0713 e. The van der Waals surface area contributed by atoms with Crippen LogP contribution in [0.2, 0.25) is 0 Å². The van der Waals surface area contributed by atoms with E-state index in [1.54, 1.807) is 7.11 Å². The van der Waals surface area contributed by atoms with E-state index in [2.05, 4.69) is 43.4 Å². The Hall–Kier alpha value is -1.06. The molecule has 0 radical (unpaired) electrons. The van der Waals surface area contributed by atoms with Gasteiger partial charge in [0.15, 0.2) is 0 Å². The van der Waals surface area contributed by atoms with Crippen LogP contribution in [0.4, 0.5) is 5.69 Å². The van der Waals surface area contributed by atoms with Gasteiger partial charge < -0.3 is 14.8 Å². The number of rotatable bonds is 5. The molecule has 0 aliphatic carbocycles. The highest BCUT2D eigenvalue weighted by molar-refractivity contribution is 5.46. The highest BCUT2D eigenvalue weighted by Gasteiger charge is 2.31. The highest BCUT2D eigenvalue weighted by Crippen LogP contribution is 2.29. The van der Waals surface area contributed by atoms with Crippen molar-refractivity contribution in [1.82, 2.24) is 0 Å². The Labute approximate surface area is 116 Å². The maximum atomic E-state index is 5.88. The van der Waals surface area contributed by atoms with Crippen molar-refractivity contribution >= 4 is 5.69 Å². The van der Waals surface area contributed by atoms with E-state index in [-0.39, 0.29) is 5.60 Å². The van der Waals surface area contributed by atoms with E-state index in [4.69, 9.17) is 9.47 Å². The van der Waals surface area contributed by atoms with Gasteiger partial charge in [-0.1, -0.05) is 19.1 Å². The Morgan fingerprint density at radius 3 is 3.05 bits per heavy atom. The van der Waals surface area contributed by atoms with Crippen LogP contribution < -0.4 is 5.32 Å². The number of ether oxygens (including phenoxy) is 2. The summed E-state index contributed by atoms with van der Waals surface area (Å²) < 4.78 is 11.1. The molecule has 0 spiro atoms. The molecule has 0 aromatic heterocycles. The number of hydrogen-bond acceptors (Lipinski definition) is 3. The summed E-state index contributed by atoms with van der Waals surface area (Å²) >= 11 is 0. The molecule has 2 rings (SSSR count). The Morgan fingerprint density at radius 2 is 2.32 bits per heavy atom. The first-order valence-electron chi connectivity index (χ1n) is 7.13. The molecule has 0 bridgehead atoms. The van der Waals surface area contributed by atoms with Crippen molar-refractivity contribution < 1.29 is 9.47 Å². The third kappa shape index (κ3) is 3.95. The average Bonchev–Trinajstić information content (AvgIpc) is 2.40. The minimum Gasteiger partial charge on any atom is -0.382 e. The lowest BCUT2D eigenvalue weighted by Crippen LogP contribution is -2.41. The zero-order chi connectivity index (χ0) is 13.7. The second kappa shape index (κ2) is 6.40. The molecule has 1 heterocycles. The Bertz CT molecular complexity index is 407. The lowest BCUT2D eigenvalue weighted by atomic mass is 9.90. The molecule has 3 nitrogen and oxygen atoms in total. The van der Waals surface area contributed by atoms with Crippen LogP contribution in [-0.4, -0.2) is 25.4 Å². The van der Waals surface area contributed by atoms with E-state index in [9.17, 15) is 0 Å². The summed E-state index contributed by atoms with van der Waals surface area (Å²) in [6.07, 6.45) is 3.21. The van der Waals surface area contributed by atoms with Crippen LogP contribution in [0.5, 0.6) is 0 Å². The van der Waals surface area contributed by atoms with Gasteiger partial charge in [0.2, 0.25) is 0 Å². The SMILES string of the molecule is CCC1(C)CC(Nc2cccc(COC)c2)CCO1. The highest BCUT2D eigenvalue weighted by atomic mass is 16.5. The van der Waals surface area contributed by atoms with Crippen molar-refractivity contribution in [3.8, 4) is 0 Å². The number of anilines is 1. The van der Waals surface area contributed by atoms with Crippen LogP contribution in [-0.2, 0) is 16.1 Å². The first kappa shape index (κ1) is 14.4. The Balaban J connectivity index is 1.98. The van der Waals surface area contributed by atoms with Gasteiger partial charge in [0.05, 0.1) is 12.2 Å². The molecule has 1 N–H and O–H groups in total. The second-order valence-electron chi connectivity index (χ2n) is 5.62. The first-order chi connectivity index (χ1) is 9.15. The summed E-state index contributed by atoms with van der Waals surface area (Å²) in [5.74, 6) is 0. The maximum Gasteiger partial charge on any atom is 0.0713 e. The largest absolute Gasteiger partial charge is 0.382 e. The quantitative estimate of drug-likeness (QED) is 0.880. The van der Waals surface area contributed by atoms with Gasteiger partial charge in [0.25, 0.3) is 0 Å². The average molecular weight is 263 g/mol. The van der Waals surface area contributed by atoms with Crippen molar-refractivity contribution in [2.24, 2.45) is 0 Å². The molecule has 2 atom stereocenters. The van der Waals surface area contributed by atoms with Gasteiger partial charge in [-0.15, -0.1) is 0 Å².